The first-order valence-electron chi connectivity index (χ1n) is 6.64. The van der Waals surface area contributed by atoms with E-state index in [9.17, 15) is 19.5 Å². The molecule has 0 aliphatic carbocycles. The fourth-order valence-electron chi connectivity index (χ4n) is 1.52. The lowest BCUT2D eigenvalue weighted by Gasteiger charge is -2.20. The average molecular weight is 309 g/mol. The van der Waals surface area contributed by atoms with Gasteiger partial charge in [0.2, 0.25) is 0 Å². The summed E-state index contributed by atoms with van der Waals surface area (Å²) in [4.78, 5) is 33.8. The van der Waals surface area contributed by atoms with Crippen LogP contribution in [-0.4, -0.2) is 46.1 Å². The van der Waals surface area contributed by atoms with Crippen molar-refractivity contribution in [1.82, 2.24) is 5.32 Å². The van der Waals surface area contributed by atoms with Gasteiger partial charge in [-0.3, -0.25) is 9.59 Å². The van der Waals surface area contributed by atoms with Crippen LogP contribution in [-0.2, 0) is 9.59 Å². The normalized spacial score (nSPS) is 14.5. The summed E-state index contributed by atoms with van der Waals surface area (Å²) in [6.45, 7) is 3.54. The number of hydrogen-bond acceptors (Lipinski definition) is 5. The Labute approximate surface area is 127 Å². The number of ketones is 1. The molecule has 7 heteroatoms. The Morgan fingerprint density at radius 1 is 1.36 bits per heavy atom. The summed E-state index contributed by atoms with van der Waals surface area (Å²) in [6.07, 6.45) is -0.910. The Bertz CT molecular complexity index is 581. The molecule has 1 rings (SSSR count). The van der Waals surface area contributed by atoms with E-state index >= 15 is 0 Å². The quantitative estimate of drug-likeness (QED) is 0.636. The molecule has 22 heavy (non-hydrogen) atoms. The lowest BCUT2D eigenvalue weighted by molar-refractivity contribution is -0.156. The van der Waals surface area contributed by atoms with Gasteiger partial charge in [-0.25, -0.2) is 4.79 Å². The molecule has 2 unspecified atom stereocenters. The van der Waals surface area contributed by atoms with Crippen molar-refractivity contribution in [2.24, 2.45) is 0 Å². The van der Waals surface area contributed by atoms with E-state index in [0.29, 0.717) is 11.3 Å². The van der Waals surface area contributed by atoms with Crippen LogP contribution in [0.5, 0.6) is 5.75 Å². The van der Waals surface area contributed by atoms with Crippen LogP contribution in [0.2, 0.25) is 0 Å². The lowest BCUT2D eigenvalue weighted by Crippen LogP contribution is -2.49. The Morgan fingerprint density at radius 2 is 2.00 bits per heavy atom. The molecule has 2 atom stereocenters. The van der Waals surface area contributed by atoms with E-state index in [2.05, 4.69) is 5.32 Å². The number of amides is 1. The van der Waals surface area contributed by atoms with Gasteiger partial charge in [0.25, 0.3) is 5.91 Å². The van der Waals surface area contributed by atoms with E-state index in [4.69, 9.17) is 9.84 Å². The SMILES string of the molecule is CC(=O)c1cccc(OC(C)C(=O)NCC(C)(O)C(=O)O)c1. The molecule has 120 valence electrons. The van der Waals surface area contributed by atoms with Crippen LogP contribution in [0.1, 0.15) is 31.1 Å². The zero-order valence-electron chi connectivity index (χ0n) is 12.6. The monoisotopic (exact) mass is 309 g/mol. The van der Waals surface area contributed by atoms with Crippen LogP contribution in [0.15, 0.2) is 24.3 Å². The molecule has 1 aromatic carbocycles. The number of nitrogens with one attached hydrogen (secondary N) is 1. The van der Waals surface area contributed by atoms with Gasteiger partial charge in [-0.2, -0.15) is 0 Å². The van der Waals surface area contributed by atoms with Gasteiger partial charge >= 0.3 is 5.97 Å². The highest BCUT2D eigenvalue weighted by atomic mass is 16.5. The number of rotatable bonds is 7. The maximum absolute atomic E-state index is 11.8. The van der Waals surface area contributed by atoms with Crippen molar-refractivity contribution in [3.8, 4) is 5.75 Å². The number of benzene rings is 1. The summed E-state index contributed by atoms with van der Waals surface area (Å²) in [7, 11) is 0. The third kappa shape index (κ3) is 4.85. The molecule has 1 aromatic rings. The fraction of sp³-hybridized carbons (Fsp3) is 0.400. The Morgan fingerprint density at radius 3 is 2.55 bits per heavy atom. The standard InChI is InChI=1S/C15H19NO6/c1-9(17)11-5-4-6-12(7-11)22-10(2)13(18)16-8-15(3,21)14(19)20/h4-7,10,21H,8H2,1-3H3,(H,16,18)(H,19,20). The van der Waals surface area contributed by atoms with Crippen LogP contribution in [0.25, 0.3) is 0 Å². The van der Waals surface area contributed by atoms with Crippen molar-refractivity contribution >= 4 is 17.7 Å². The molecule has 7 nitrogen and oxygen atoms in total. The van der Waals surface area contributed by atoms with Gasteiger partial charge in [0.15, 0.2) is 17.5 Å². The summed E-state index contributed by atoms with van der Waals surface area (Å²) in [5, 5.41) is 20.6. The van der Waals surface area contributed by atoms with Gasteiger partial charge in [-0.1, -0.05) is 12.1 Å². The Balaban J connectivity index is 2.63. The van der Waals surface area contributed by atoms with E-state index < -0.39 is 30.1 Å². The number of aliphatic hydroxyl groups is 1. The molecule has 0 aliphatic rings. The van der Waals surface area contributed by atoms with E-state index in [1.807, 2.05) is 0 Å². The highest BCUT2D eigenvalue weighted by Crippen LogP contribution is 2.15. The second-order valence-electron chi connectivity index (χ2n) is 5.14. The minimum absolute atomic E-state index is 0.125. The smallest absolute Gasteiger partial charge is 0.337 e. The molecule has 1 amide bonds. The van der Waals surface area contributed by atoms with Crippen molar-refractivity contribution < 1.29 is 29.3 Å². The number of hydrogen-bond donors (Lipinski definition) is 3. The number of carbonyl (C=O) groups excluding carboxylic acids is 2. The first-order chi connectivity index (χ1) is 10.1. The van der Waals surface area contributed by atoms with Crippen LogP contribution >= 0.6 is 0 Å². The van der Waals surface area contributed by atoms with Gasteiger partial charge in [-0.05, 0) is 32.9 Å². The van der Waals surface area contributed by atoms with E-state index in [0.717, 1.165) is 6.92 Å². The average Bonchev–Trinajstić information content (AvgIpc) is 2.44. The number of carbonyl (C=O) groups is 3. The largest absolute Gasteiger partial charge is 0.481 e. The Hall–Kier alpha value is -2.41. The molecule has 0 spiro atoms. The maximum Gasteiger partial charge on any atom is 0.337 e. The van der Waals surface area contributed by atoms with E-state index in [1.54, 1.807) is 18.2 Å². The van der Waals surface area contributed by atoms with Gasteiger partial charge in [-0.15, -0.1) is 0 Å². The number of carboxylic acids is 1. The first kappa shape index (κ1) is 17.6. The topological polar surface area (TPSA) is 113 Å². The second kappa shape index (κ2) is 7.04. The van der Waals surface area contributed by atoms with E-state index in [-0.39, 0.29) is 5.78 Å². The Kier molecular flexibility index (Phi) is 5.64. The van der Waals surface area contributed by atoms with Gasteiger partial charge in [0.05, 0.1) is 6.54 Å². The third-order valence-corrected chi connectivity index (χ3v) is 2.99. The summed E-state index contributed by atoms with van der Waals surface area (Å²) in [6, 6.07) is 6.37. The lowest BCUT2D eigenvalue weighted by atomic mass is 10.1. The number of ether oxygens (including phenoxy) is 1. The molecule has 0 saturated carbocycles. The van der Waals surface area contributed by atoms with Crippen LogP contribution in [0.3, 0.4) is 0 Å². The minimum Gasteiger partial charge on any atom is -0.481 e. The first-order valence-corrected chi connectivity index (χ1v) is 6.64. The molecule has 0 aliphatic heterocycles. The highest BCUT2D eigenvalue weighted by Gasteiger charge is 2.31. The number of aliphatic carboxylic acids is 1. The third-order valence-electron chi connectivity index (χ3n) is 2.99. The summed E-state index contributed by atoms with van der Waals surface area (Å²) < 4.78 is 5.40. The molecular weight excluding hydrogens is 290 g/mol. The summed E-state index contributed by atoms with van der Waals surface area (Å²) >= 11 is 0. The zero-order valence-corrected chi connectivity index (χ0v) is 12.6. The van der Waals surface area contributed by atoms with Crippen molar-refractivity contribution in [3.63, 3.8) is 0 Å². The zero-order chi connectivity index (χ0) is 16.9. The van der Waals surface area contributed by atoms with Crippen molar-refractivity contribution in [2.75, 3.05) is 6.54 Å². The predicted molar refractivity (Wildman–Crippen MR) is 77.8 cm³/mol. The second-order valence-corrected chi connectivity index (χ2v) is 5.14. The number of carboxylic acid groups (broad SMARTS) is 1. The molecule has 0 aromatic heterocycles. The molecule has 0 heterocycles. The van der Waals surface area contributed by atoms with Crippen molar-refractivity contribution in [3.05, 3.63) is 29.8 Å². The molecule has 0 saturated heterocycles. The van der Waals surface area contributed by atoms with Gasteiger partial charge in [0, 0.05) is 5.56 Å². The minimum atomic E-state index is -2.05. The van der Waals surface area contributed by atoms with Gasteiger partial charge in [0.1, 0.15) is 5.75 Å². The van der Waals surface area contributed by atoms with Crippen LogP contribution in [0.4, 0.5) is 0 Å². The molecule has 0 fully saturated rings. The molecule has 0 bridgehead atoms. The van der Waals surface area contributed by atoms with Crippen molar-refractivity contribution in [2.45, 2.75) is 32.5 Å². The summed E-state index contributed by atoms with van der Waals surface area (Å²) in [5.41, 5.74) is -1.59. The molecule has 3 N–H and O–H groups in total. The van der Waals surface area contributed by atoms with E-state index in [1.165, 1.54) is 19.9 Å². The predicted octanol–water partition coefficient (Wildman–Crippen LogP) is 0.608. The van der Waals surface area contributed by atoms with Gasteiger partial charge < -0.3 is 20.3 Å². The molecular formula is C15H19NO6. The summed E-state index contributed by atoms with van der Waals surface area (Å²) in [5.74, 6) is -1.79. The highest BCUT2D eigenvalue weighted by molar-refractivity contribution is 5.94. The molecule has 0 radical (unpaired) electrons. The van der Waals surface area contributed by atoms with Crippen molar-refractivity contribution in [1.29, 1.82) is 0 Å². The fourth-order valence-corrected chi connectivity index (χ4v) is 1.52. The van der Waals surface area contributed by atoms with Crippen LogP contribution in [0, 0.1) is 0 Å². The van der Waals surface area contributed by atoms with Crippen LogP contribution < -0.4 is 10.1 Å². The number of Topliss-reactive ketones (excluding diaryl/α,β-unsaturated/α-hetero) is 1. The maximum atomic E-state index is 11.8.